The van der Waals surface area contributed by atoms with E-state index in [9.17, 15) is 0 Å². The number of aromatic amines is 1. The highest BCUT2D eigenvalue weighted by atomic mass is 32.1. The van der Waals surface area contributed by atoms with Gasteiger partial charge in [-0.15, -0.1) is 11.3 Å². The lowest BCUT2D eigenvalue weighted by molar-refractivity contribution is 1.05. The summed E-state index contributed by atoms with van der Waals surface area (Å²) in [4.78, 5) is 1.04. The van der Waals surface area contributed by atoms with Crippen molar-refractivity contribution < 1.29 is 0 Å². The zero-order chi connectivity index (χ0) is 8.55. The molecular weight excluding hydrogens is 170 g/mol. The van der Waals surface area contributed by atoms with Crippen molar-refractivity contribution in [3.8, 4) is 10.6 Å². The third-order valence-corrected chi connectivity index (χ3v) is 2.59. The normalized spacial score (nSPS) is 10.4. The molecule has 12 heavy (non-hydrogen) atoms. The van der Waals surface area contributed by atoms with Crippen LogP contribution in [0.25, 0.3) is 10.6 Å². The Kier molecular flexibility index (Phi) is 1.62. The van der Waals surface area contributed by atoms with E-state index in [0.717, 1.165) is 22.0 Å². The highest BCUT2D eigenvalue weighted by Crippen LogP contribution is 2.29. The molecule has 3 N–H and O–H groups in total. The van der Waals surface area contributed by atoms with Crippen LogP contribution in [0.2, 0.25) is 0 Å². The van der Waals surface area contributed by atoms with Crippen LogP contribution in [0, 0.1) is 6.92 Å². The first-order chi connectivity index (χ1) is 5.77. The average molecular weight is 179 g/mol. The third-order valence-electron chi connectivity index (χ3n) is 1.63. The molecule has 0 bridgehead atoms. The van der Waals surface area contributed by atoms with Gasteiger partial charge in [0.05, 0.1) is 10.6 Å². The lowest BCUT2D eigenvalue weighted by Gasteiger charge is -1.90. The minimum Gasteiger partial charge on any atom is -0.397 e. The third kappa shape index (κ3) is 1.10. The summed E-state index contributed by atoms with van der Waals surface area (Å²) in [5.74, 6) is 0. The molecule has 62 valence electrons. The maximum atomic E-state index is 5.74. The summed E-state index contributed by atoms with van der Waals surface area (Å²) in [7, 11) is 0. The summed E-state index contributed by atoms with van der Waals surface area (Å²) in [6.07, 6.45) is 0. The fourth-order valence-corrected chi connectivity index (χ4v) is 1.84. The quantitative estimate of drug-likeness (QED) is 0.703. The number of aryl methyl sites for hydroxylation is 1. The number of thiophene rings is 1. The van der Waals surface area contributed by atoms with Gasteiger partial charge in [-0.25, -0.2) is 0 Å². The minimum atomic E-state index is 0.798. The molecule has 0 saturated heterocycles. The van der Waals surface area contributed by atoms with E-state index in [1.165, 1.54) is 0 Å². The van der Waals surface area contributed by atoms with Crippen molar-refractivity contribution in [1.82, 2.24) is 10.2 Å². The molecule has 3 nitrogen and oxygen atoms in total. The number of anilines is 1. The Bertz CT molecular complexity index is 388. The first-order valence-corrected chi connectivity index (χ1v) is 4.50. The molecule has 0 fully saturated rings. The van der Waals surface area contributed by atoms with Gasteiger partial charge in [0, 0.05) is 5.69 Å². The van der Waals surface area contributed by atoms with Crippen molar-refractivity contribution in [2.75, 3.05) is 5.73 Å². The van der Waals surface area contributed by atoms with Gasteiger partial charge in [-0.3, -0.25) is 5.10 Å². The van der Waals surface area contributed by atoms with Gasteiger partial charge in [0.1, 0.15) is 5.69 Å². The molecular formula is C8H9N3S. The number of nitrogens with zero attached hydrogens (tertiary/aromatic N) is 1. The maximum Gasteiger partial charge on any atom is 0.104 e. The van der Waals surface area contributed by atoms with Gasteiger partial charge >= 0.3 is 0 Å². The Hall–Kier alpha value is -1.29. The van der Waals surface area contributed by atoms with Crippen LogP contribution in [0.15, 0.2) is 17.5 Å². The first kappa shape index (κ1) is 7.36. The number of nitrogens with one attached hydrogen (secondary N) is 1. The van der Waals surface area contributed by atoms with Crippen LogP contribution >= 0.6 is 11.3 Å². The Morgan fingerprint density at radius 3 is 2.92 bits per heavy atom. The number of rotatable bonds is 1. The number of aromatic nitrogens is 2. The van der Waals surface area contributed by atoms with Crippen molar-refractivity contribution in [2.45, 2.75) is 6.92 Å². The molecule has 2 aromatic rings. The summed E-state index contributed by atoms with van der Waals surface area (Å²) in [6.45, 7) is 1.97. The summed E-state index contributed by atoms with van der Waals surface area (Å²) in [5, 5.41) is 8.98. The standard InChI is InChI=1S/C8H9N3S/c1-5-4-7(11-10-5)8-6(9)2-3-12-8/h2-4H,9H2,1H3,(H,10,11). The Morgan fingerprint density at radius 1 is 1.58 bits per heavy atom. The summed E-state index contributed by atoms with van der Waals surface area (Å²) >= 11 is 1.61. The summed E-state index contributed by atoms with van der Waals surface area (Å²) < 4.78 is 0. The van der Waals surface area contributed by atoms with Gasteiger partial charge in [-0.05, 0) is 24.4 Å². The van der Waals surface area contributed by atoms with Gasteiger partial charge in [0.15, 0.2) is 0 Å². The van der Waals surface area contributed by atoms with Crippen LogP contribution in [0.3, 0.4) is 0 Å². The Labute approximate surface area is 74.2 Å². The van der Waals surface area contributed by atoms with Crippen molar-refractivity contribution in [2.24, 2.45) is 0 Å². The molecule has 2 aromatic heterocycles. The van der Waals surface area contributed by atoms with Crippen molar-refractivity contribution in [3.05, 3.63) is 23.2 Å². The zero-order valence-electron chi connectivity index (χ0n) is 6.66. The molecule has 0 aliphatic rings. The van der Waals surface area contributed by atoms with Gasteiger partial charge in [-0.2, -0.15) is 5.10 Å². The fourth-order valence-electron chi connectivity index (χ4n) is 1.06. The molecule has 0 atom stereocenters. The fraction of sp³-hybridized carbons (Fsp3) is 0.125. The zero-order valence-corrected chi connectivity index (χ0v) is 7.48. The van der Waals surface area contributed by atoms with E-state index in [4.69, 9.17) is 5.73 Å². The number of nitrogens with two attached hydrogens (primary N) is 1. The second-order valence-electron chi connectivity index (χ2n) is 2.64. The molecule has 0 unspecified atom stereocenters. The van der Waals surface area contributed by atoms with Gasteiger partial charge in [0.25, 0.3) is 0 Å². The first-order valence-electron chi connectivity index (χ1n) is 3.63. The summed E-state index contributed by atoms with van der Waals surface area (Å²) in [5.41, 5.74) is 8.52. The molecule has 0 amide bonds. The van der Waals surface area contributed by atoms with Crippen LogP contribution in [0.5, 0.6) is 0 Å². The van der Waals surface area contributed by atoms with E-state index < -0.39 is 0 Å². The van der Waals surface area contributed by atoms with Gasteiger partial charge < -0.3 is 5.73 Å². The molecule has 0 aliphatic carbocycles. The highest BCUT2D eigenvalue weighted by Gasteiger charge is 2.06. The maximum absolute atomic E-state index is 5.74. The molecule has 0 aromatic carbocycles. The van der Waals surface area contributed by atoms with Crippen LogP contribution in [0.4, 0.5) is 5.69 Å². The number of nitrogen functional groups attached to an aromatic ring is 1. The van der Waals surface area contributed by atoms with Crippen molar-refractivity contribution in [1.29, 1.82) is 0 Å². The van der Waals surface area contributed by atoms with Crippen LogP contribution in [-0.2, 0) is 0 Å². The van der Waals surface area contributed by atoms with E-state index in [2.05, 4.69) is 10.2 Å². The highest BCUT2D eigenvalue weighted by molar-refractivity contribution is 7.14. The second kappa shape index (κ2) is 2.64. The van der Waals surface area contributed by atoms with E-state index in [-0.39, 0.29) is 0 Å². The molecule has 4 heteroatoms. The van der Waals surface area contributed by atoms with Crippen LogP contribution in [0.1, 0.15) is 5.69 Å². The predicted molar refractivity (Wildman–Crippen MR) is 51.1 cm³/mol. The molecule has 2 heterocycles. The van der Waals surface area contributed by atoms with Crippen molar-refractivity contribution >= 4 is 17.0 Å². The lowest BCUT2D eigenvalue weighted by atomic mass is 10.3. The van der Waals surface area contributed by atoms with E-state index in [1.54, 1.807) is 11.3 Å². The monoisotopic (exact) mass is 179 g/mol. The van der Waals surface area contributed by atoms with Gasteiger partial charge in [-0.1, -0.05) is 0 Å². The molecule has 2 rings (SSSR count). The molecule has 0 spiro atoms. The van der Waals surface area contributed by atoms with E-state index in [1.807, 2.05) is 24.4 Å². The molecule has 0 radical (unpaired) electrons. The van der Waals surface area contributed by atoms with Crippen LogP contribution < -0.4 is 5.73 Å². The predicted octanol–water partition coefficient (Wildman–Crippen LogP) is 2.03. The SMILES string of the molecule is Cc1cc(-c2sccc2N)n[nH]1. The smallest absolute Gasteiger partial charge is 0.104 e. The Morgan fingerprint density at radius 2 is 2.42 bits per heavy atom. The molecule has 0 saturated carbocycles. The average Bonchev–Trinajstić information content (AvgIpc) is 2.58. The number of H-pyrrole nitrogens is 1. The largest absolute Gasteiger partial charge is 0.397 e. The lowest BCUT2D eigenvalue weighted by Crippen LogP contribution is -1.83. The van der Waals surface area contributed by atoms with Crippen molar-refractivity contribution in [3.63, 3.8) is 0 Å². The number of hydrogen-bond donors (Lipinski definition) is 2. The Balaban J connectivity index is 2.50. The minimum absolute atomic E-state index is 0.798. The number of hydrogen-bond acceptors (Lipinski definition) is 3. The van der Waals surface area contributed by atoms with E-state index in [0.29, 0.717) is 0 Å². The second-order valence-corrected chi connectivity index (χ2v) is 3.56. The van der Waals surface area contributed by atoms with Crippen LogP contribution in [-0.4, -0.2) is 10.2 Å². The molecule has 0 aliphatic heterocycles. The topological polar surface area (TPSA) is 54.7 Å². The summed E-state index contributed by atoms with van der Waals surface area (Å²) in [6, 6.07) is 3.88. The van der Waals surface area contributed by atoms with Gasteiger partial charge in [0.2, 0.25) is 0 Å². The van der Waals surface area contributed by atoms with E-state index >= 15 is 0 Å².